The van der Waals surface area contributed by atoms with Gasteiger partial charge >= 0.3 is 5.97 Å². The molecule has 0 radical (unpaired) electrons. The molecular weight excluding hydrogens is 270 g/mol. The largest absolute Gasteiger partial charge is 0.481 e. The Morgan fingerprint density at radius 2 is 2.05 bits per heavy atom. The van der Waals surface area contributed by atoms with E-state index in [1.165, 1.54) is 0 Å². The Hall–Kier alpha value is -1.85. The summed E-state index contributed by atoms with van der Waals surface area (Å²) in [6.07, 6.45) is 3.94. The van der Waals surface area contributed by atoms with Gasteiger partial charge in [-0.3, -0.25) is 14.3 Å². The van der Waals surface area contributed by atoms with Gasteiger partial charge < -0.3 is 10.4 Å². The van der Waals surface area contributed by atoms with Crippen molar-refractivity contribution in [2.24, 2.45) is 12.5 Å². The quantitative estimate of drug-likeness (QED) is 0.768. The van der Waals surface area contributed by atoms with Crippen molar-refractivity contribution in [1.29, 1.82) is 0 Å². The first-order valence-electron chi connectivity index (χ1n) is 7.27. The zero-order valence-corrected chi connectivity index (χ0v) is 13.3. The number of aromatic nitrogens is 2. The first-order chi connectivity index (χ1) is 9.75. The van der Waals surface area contributed by atoms with Crippen LogP contribution in [0.2, 0.25) is 0 Å². The molecular formula is C15H25N3O3. The Bertz CT molecular complexity index is 506. The second-order valence-electron chi connectivity index (χ2n) is 6.08. The van der Waals surface area contributed by atoms with Gasteiger partial charge in [0.05, 0.1) is 11.3 Å². The molecule has 0 fully saturated rings. The van der Waals surface area contributed by atoms with Crippen molar-refractivity contribution >= 4 is 11.9 Å². The Morgan fingerprint density at radius 3 is 2.62 bits per heavy atom. The summed E-state index contributed by atoms with van der Waals surface area (Å²) in [4.78, 5) is 22.7. The Kier molecular flexibility index (Phi) is 5.93. The van der Waals surface area contributed by atoms with E-state index in [1.54, 1.807) is 17.9 Å². The zero-order chi connectivity index (χ0) is 16.0. The van der Waals surface area contributed by atoms with Gasteiger partial charge in [0.15, 0.2) is 0 Å². The number of carboxylic acid groups (broad SMARTS) is 1. The molecule has 0 atom stereocenters. The van der Waals surface area contributed by atoms with Gasteiger partial charge in [-0.05, 0) is 24.7 Å². The van der Waals surface area contributed by atoms with E-state index in [9.17, 15) is 9.59 Å². The molecule has 2 N–H and O–H groups in total. The van der Waals surface area contributed by atoms with E-state index in [1.807, 2.05) is 20.8 Å². The monoisotopic (exact) mass is 295 g/mol. The van der Waals surface area contributed by atoms with Crippen molar-refractivity contribution in [2.75, 3.05) is 6.54 Å². The van der Waals surface area contributed by atoms with Crippen LogP contribution < -0.4 is 5.32 Å². The highest BCUT2D eigenvalue weighted by atomic mass is 16.4. The number of carbonyl (C=O) groups is 2. The molecule has 0 aliphatic rings. The molecule has 6 nitrogen and oxygen atoms in total. The maximum atomic E-state index is 12.1. The first kappa shape index (κ1) is 17.2. The Balaban J connectivity index is 2.47. The van der Waals surface area contributed by atoms with Gasteiger partial charge in [-0.15, -0.1) is 0 Å². The highest BCUT2D eigenvalue weighted by Crippen LogP contribution is 2.26. The predicted octanol–water partition coefficient (Wildman–Crippen LogP) is 1.99. The van der Waals surface area contributed by atoms with Crippen molar-refractivity contribution in [3.05, 3.63) is 17.5 Å². The van der Waals surface area contributed by atoms with Crippen LogP contribution in [0.15, 0.2) is 6.20 Å². The standard InChI is InChI=1S/C15H25N3O3/c1-5-12-11(10-18(4)17-12)14(21)16-9-8-15(2,3)7-6-13(19)20/h10H,5-9H2,1-4H3,(H,16,21)(H,19,20). The van der Waals surface area contributed by atoms with Gasteiger partial charge in [-0.1, -0.05) is 20.8 Å². The molecule has 118 valence electrons. The number of carboxylic acids is 1. The molecule has 1 aromatic heterocycles. The first-order valence-corrected chi connectivity index (χ1v) is 7.27. The van der Waals surface area contributed by atoms with E-state index >= 15 is 0 Å². The van der Waals surface area contributed by atoms with E-state index < -0.39 is 5.97 Å². The summed E-state index contributed by atoms with van der Waals surface area (Å²) in [6, 6.07) is 0. The van der Waals surface area contributed by atoms with Crippen LogP contribution in [0.3, 0.4) is 0 Å². The summed E-state index contributed by atoms with van der Waals surface area (Å²) in [6.45, 7) is 6.53. The molecule has 21 heavy (non-hydrogen) atoms. The minimum Gasteiger partial charge on any atom is -0.481 e. The van der Waals surface area contributed by atoms with Crippen molar-refractivity contribution in [3.8, 4) is 0 Å². The molecule has 0 aromatic carbocycles. The maximum Gasteiger partial charge on any atom is 0.303 e. The Labute approximate surface area is 125 Å². The molecule has 1 aromatic rings. The number of nitrogens with zero attached hydrogens (tertiary/aromatic N) is 2. The molecule has 1 rings (SSSR count). The van der Waals surface area contributed by atoms with E-state index in [0.717, 1.165) is 12.1 Å². The summed E-state index contributed by atoms with van der Waals surface area (Å²) in [7, 11) is 1.80. The predicted molar refractivity (Wildman–Crippen MR) is 80.2 cm³/mol. The number of hydrogen-bond acceptors (Lipinski definition) is 3. The average molecular weight is 295 g/mol. The molecule has 0 spiro atoms. The normalized spacial score (nSPS) is 11.4. The number of aryl methyl sites for hydroxylation is 2. The van der Waals surface area contributed by atoms with Gasteiger partial charge in [0.2, 0.25) is 0 Å². The lowest BCUT2D eigenvalue weighted by Gasteiger charge is -2.23. The van der Waals surface area contributed by atoms with Crippen LogP contribution in [-0.4, -0.2) is 33.3 Å². The number of aliphatic carboxylic acids is 1. The van der Waals surface area contributed by atoms with E-state index in [0.29, 0.717) is 24.9 Å². The van der Waals surface area contributed by atoms with Crippen molar-refractivity contribution < 1.29 is 14.7 Å². The Morgan fingerprint density at radius 1 is 1.38 bits per heavy atom. The van der Waals surface area contributed by atoms with Gasteiger partial charge in [-0.25, -0.2) is 0 Å². The molecule has 6 heteroatoms. The highest BCUT2D eigenvalue weighted by Gasteiger charge is 2.20. The second-order valence-corrected chi connectivity index (χ2v) is 6.08. The van der Waals surface area contributed by atoms with Crippen LogP contribution in [0.5, 0.6) is 0 Å². The van der Waals surface area contributed by atoms with Gasteiger partial charge in [0.25, 0.3) is 5.91 Å². The van der Waals surface area contributed by atoms with Crippen molar-refractivity contribution in [2.45, 2.75) is 46.5 Å². The summed E-state index contributed by atoms with van der Waals surface area (Å²) < 4.78 is 1.64. The molecule has 1 amide bonds. The van der Waals surface area contributed by atoms with Gasteiger partial charge in [0.1, 0.15) is 0 Å². The fourth-order valence-electron chi connectivity index (χ4n) is 2.17. The fraction of sp³-hybridized carbons (Fsp3) is 0.667. The SMILES string of the molecule is CCc1nn(C)cc1C(=O)NCCC(C)(C)CCC(=O)O. The number of nitrogens with one attached hydrogen (secondary N) is 1. The second kappa shape index (κ2) is 7.24. The third kappa shape index (κ3) is 5.57. The lowest BCUT2D eigenvalue weighted by atomic mass is 9.84. The summed E-state index contributed by atoms with van der Waals surface area (Å²) in [5.41, 5.74) is 1.30. The van der Waals surface area contributed by atoms with Crippen LogP contribution in [0, 0.1) is 5.41 Å². The smallest absolute Gasteiger partial charge is 0.303 e. The molecule has 0 bridgehead atoms. The lowest BCUT2D eigenvalue weighted by molar-refractivity contribution is -0.137. The molecule has 0 aliphatic heterocycles. The summed E-state index contributed by atoms with van der Waals surface area (Å²) >= 11 is 0. The van der Waals surface area contributed by atoms with Crippen LogP contribution >= 0.6 is 0 Å². The number of rotatable bonds is 8. The topological polar surface area (TPSA) is 84.2 Å². The van der Waals surface area contributed by atoms with E-state index in [2.05, 4.69) is 10.4 Å². The van der Waals surface area contributed by atoms with Crippen LogP contribution in [-0.2, 0) is 18.3 Å². The van der Waals surface area contributed by atoms with Crippen molar-refractivity contribution in [1.82, 2.24) is 15.1 Å². The molecule has 0 unspecified atom stereocenters. The van der Waals surface area contributed by atoms with E-state index in [4.69, 9.17) is 5.11 Å². The maximum absolute atomic E-state index is 12.1. The van der Waals surface area contributed by atoms with Gasteiger partial charge in [-0.2, -0.15) is 5.10 Å². The molecule has 0 saturated heterocycles. The highest BCUT2D eigenvalue weighted by molar-refractivity contribution is 5.95. The number of hydrogen-bond donors (Lipinski definition) is 2. The molecule has 0 saturated carbocycles. The third-order valence-electron chi connectivity index (χ3n) is 3.59. The van der Waals surface area contributed by atoms with Gasteiger partial charge in [0, 0.05) is 26.2 Å². The minimum atomic E-state index is -0.782. The van der Waals surface area contributed by atoms with Crippen LogP contribution in [0.1, 0.15) is 56.1 Å². The molecule has 0 aliphatic carbocycles. The number of amides is 1. The van der Waals surface area contributed by atoms with Crippen LogP contribution in [0.25, 0.3) is 0 Å². The number of carbonyl (C=O) groups excluding carboxylic acids is 1. The lowest BCUT2D eigenvalue weighted by Crippen LogP contribution is -2.28. The average Bonchev–Trinajstić information content (AvgIpc) is 2.77. The van der Waals surface area contributed by atoms with Crippen LogP contribution in [0.4, 0.5) is 0 Å². The third-order valence-corrected chi connectivity index (χ3v) is 3.59. The summed E-state index contributed by atoms with van der Waals surface area (Å²) in [5.74, 6) is -0.899. The molecule has 1 heterocycles. The minimum absolute atomic E-state index is 0.103. The zero-order valence-electron chi connectivity index (χ0n) is 13.3. The van der Waals surface area contributed by atoms with Crippen molar-refractivity contribution in [3.63, 3.8) is 0 Å². The fourth-order valence-corrected chi connectivity index (χ4v) is 2.17. The summed E-state index contributed by atoms with van der Waals surface area (Å²) in [5, 5.41) is 15.9. The van der Waals surface area contributed by atoms with E-state index in [-0.39, 0.29) is 17.7 Å².